The Morgan fingerprint density at radius 1 is 0.903 bits per heavy atom. The normalized spacial score (nSPS) is 11.2. The molecular formula is C24H26N2O4S. The van der Waals surface area contributed by atoms with Gasteiger partial charge in [0, 0.05) is 6.54 Å². The van der Waals surface area contributed by atoms with Gasteiger partial charge >= 0.3 is 0 Å². The van der Waals surface area contributed by atoms with E-state index in [2.05, 4.69) is 5.32 Å². The van der Waals surface area contributed by atoms with Crippen LogP contribution in [0.3, 0.4) is 0 Å². The fraction of sp³-hybridized carbons (Fsp3) is 0.208. The van der Waals surface area contributed by atoms with E-state index in [-0.39, 0.29) is 24.1 Å². The van der Waals surface area contributed by atoms with Gasteiger partial charge in [-0.3, -0.25) is 9.10 Å². The molecule has 0 aliphatic rings. The maximum Gasteiger partial charge on any atom is 0.264 e. The van der Waals surface area contributed by atoms with E-state index >= 15 is 0 Å². The molecule has 0 fully saturated rings. The van der Waals surface area contributed by atoms with Gasteiger partial charge in [-0.05, 0) is 55.8 Å². The zero-order valence-electron chi connectivity index (χ0n) is 17.6. The lowest BCUT2D eigenvalue weighted by molar-refractivity contribution is -0.119. The Hall–Kier alpha value is -3.32. The van der Waals surface area contributed by atoms with E-state index in [0.717, 1.165) is 15.6 Å². The number of sulfonamides is 1. The Morgan fingerprint density at radius 3 is 2.06 bits per heavy atom. The van der Waals surface area contributed by atoms with Gasteiger partial charge in [0.1, 0.15) is 12.3 Å². The van der Waals surface area contributed by atoms with Crippen molar-refractivity contribution in [2.24, 2.45) is 0 Å². The number of nitrogens with zero attached hydrogens (tertiary/aromatic N) is 1. The van der Waals surface area contributed by atoms with Crippen LogP contribution in [0, 0.1) is 0 Å². The van der Waals surface area contributed by atoms with Crippen molar-refractivity contribution in [3.05, 3.63) is 90.5 Å². The highest BCUT2D eigenvalue weighted by molar-refractivity contribution is 7.92. The third kappa shape index (κ3) is 6.08. The molecule has 0 bridgehead atoms. The van der Waals surface area contributed by atoms with E-state index in [1.807, 2.05) is 38.1 Å². The summed E-state index contributed by atoms with van der Waals surface area (Å²) in [4.78, 5) is 12.8. The summed E-state index contributed by atoms with van der Waals surface area (Å²) in [5.74, 6) is 0.361. The summed E-state index contributed by atoms with van der Waals surface area (Å²) in [7, 11) is -3.89. The Bertz CT molecular complexity index is 1080. The molecule has 0 heterocycles. The predicted molar refractivity (Wildman–Crippen MR) is 121 cm³/mol. The largest absolute Gasteiger partial charge is 0.491 e. The quantitative estimate of drug-likeness (QED) is 0.548. The highest BCUT2D eigenvalue weighted by atomic mass is 32.2. The number of amides is 1. The minimum Gasteiger partial charge on any atom is -0.491 e. The van der Waals surface area contributed by atoms with E-state index in [1.165, 1.54) is 12.1 Å². The number of rotatable bonds is 9. The second-order valence-electron chi connectivity index (χ2n) is 7.25. The first-order valence-electron chi connectivity index (χ1n) is 10.0. The summed E-state index contributed by atoms with van der Waals surface area (Å²) >= 11 is 0. The van der Waals surface area contributed by atoms with Crippen LogP contribution in [0.15, 0.2) is 89.8 Å². The molecular weight excluding hydrogens is 412 g/mol. The molecule has 0 spiro atoms. The van der Waals surface area contributed by atoms with Crippen LogP contribution in [0.25, 0.3) is 0 Å². The van der Waals surface area contributed by atoms with Crippen LogP contribution < -0.4 is 14.4 Å². The average Bonchev–Trinajstić information content (AvgIpc) is 2.77. The van der Waals surface area contributed by atoms with Crippen molar-refractivity contribution in [1.82, 2.24) is 5.32 Å². The Morgan fingerprint density at radius 2 is 1.48 bits per heavy atom. The number of anilines is 1. The molecule has 6 nitrogen and oxygen atoms in total. The van der Waals surface area contributed by atoms with E-state index in [9.17, 15) is 13.2 Å². The minimum absolute atomic E-state index is 0.0843. The molecule has 1 N–H and O–H groups in total. The van der Waals surface area contributed by atoms with Crippen molar-refractivity contribution in [1.29, 1.82) is 0 Å². The molecule has 0 unspecified atom stereocenters. The van der Waals surface area contributed by atoms with Crippen molar-refractivity contribution in [2.75, 3.05) is 10.8 Å². The Kier molecular flexibility index (Phi) is 7.31. The topological polar surface area (TPSA) is 75.7 Å². The summed E-state index contributed by atoms with van der Waals surface area (Å²) in [5, 5.41) is 2.80. The molecule has 3 aromatic carbocycles. The first-order valence-corrected chi connectivity index (χ1v) is 11.5. The Balaban J connectivity index is 1.72. The van der Waals surface area contributed by atoms with Crippen LogP contribution in [-0.4, -0.2) is 27.0 Å². The molecule has 3 aromatic rings. The van der Waals surface area contributed by atoms with Crippen molar-refractivity contribution in [2.45, 2.75) is 31.4 Å². The lowest BCUT2D eigenvalue weighted by Gasteiger charge is -2.24. The second-order valence-corrected chi connectivity index (χ2v) is 9.11. The van der Waals surface area contributed by atoms with Gasteiger partial charge in [0.25, 0.3) is 10.0 Å². The molecule has 7 heteroatoms. The maximum atomic E-state index is 13.2. The third-order valence-corrected chi connectivity index (χ3v) is 6.24. The van der Waals surface area contributed by atoms with E-state index < -0.39 is 15.9 Å². The SMILES string of the molecule is CC(C)Oc1ccc(CNC(=O)CN(c2ccccc2)S(=O)(=O)c2ccccc2)cc1. The molecule has 162 valence electrons. The van der Waals surface area contributed by atoms with Gasteiger partial charge in [-0.15, -0.1) is 0 Å². The van der Waals surface area contributed by atoms with Gasteiger partial charge in [-0.2, -0.15) is 0 Å². The molecule has 0 saturated carbocycles. The van der Waals surface area contributed by atoms with Crippen molar-refractivity contribution < 1.29 is 17.9 Å². The van der Waals surface area contributed by atoms with Crippen LogP contribution in [-0.2, 0) is 21.4 Å². The number of ether oxygens (including phenoxy) is 1. The summed E-state index contributed by atoms with van der Waals surface area (Å²) < 4.78 is 33.1. The number of nitrogens with one attached hydrogen (secondary N) is 1. The smallest absolute Gasteiger partial charge is 0.264 e. The molecule has 3 rings (SSSR count). The molecule has 0 saturated heterocycles. The standard InChI is InChI=1S/C24H26N2O4S/c1-19(2)30-22-15-13-20(14-16-22)17-25-24(27)18-26(21-9-5-3-6-10-21)31(28,29)23-11-7-4-8-12-23/h3-16,19H,17-18H2,1-2H3,(H,25,27). The second kappa shape index (κ2) is 10.1. The number of para-hydroxylation sites is 1. The summed E-state index contributed by atoms with van der Waals surface area (Å²) in [6.45, 7) is 3.87. The van der Waals surface area contributed by atoms with Crippen LogP contribution >= 0.6 is 0 Å². The van der Waals surface area contributed by atoms with E-state index in [0.29, 0.717) is 5.69 Å². The number of carbonyl (C=O) groups is 1. The summed E-state index contributed by atoms with van der Waals surface area (Å²) in [5.41, 5.74) is 1.32. The van der Waals surface area contributed by atoms with Crippen LogP contribution in [0.1, 0.15) is 19.4 Å². The lowest BCUT2D eigenvalue weighted by Crippen LogP contribution is -2.40. The van der Waals surface area contributed by atoms with Crippen LogP contribution in [0.2, 0.25) is 0 Å². The van der Waals surface area contributed by atoms with E-state index in [4.69, 9.17) is 4.74 Å². The zero-order valence-corrected chi connectivity index (χ0v) is 18.4. The van der Waals surface area contributed by atoms with Gasteiger partial charge in [-0.25, -0.2) is 8.42 Å². The van der Waals surface area contributed by atoms with E-state index in [1.54, 1.807) is 48.5 Å². The number of carbonyl (C=O) groups excluding carboxylic acids is 1. The number of hydrogen-bond acceptors (Lipinski definition) is 4. The minimum atomic E-state index is -3.89. The molecule has 0 radical (unpaired) electrons. The predicted octanol–water partition coefficient (Wildman–Crippen LogP) is 3.99. The molecule has 0 atom stereocenters. The Labute approximate surface area is 183 Å². The molecule has 0 aliphatic heterocycles. The van der Waals surface area contributed by atoms with Gasteiger partial charge in [0.15, 0.2) is 0 Å². The highest BCUT2D eigenvalue weighted by Gasteiger charge is 2.26. The van der Waals surface area contributed by atoms with Crippen molar-refractivity contribution in [3.63, 3.8) is 0 Å². The number of hydrogen-bond donors (Lipinski definition) is 1. The average molecular weight is 439 g/mol. The monoisotopic (exact) mass is 438 g/mol. The van der Waals surface area contributed by atoms with Crippen LogP contribution in [0.5, 0.6) is 5.75 Å². The fourth-order valence-corrected chi connectivity index (χ4v) is 4.42. The van der Waals surface area contributed by atoms with Gasteiger partial charge in [0.2, 0.25) is 5.91 Å². The molecule has 0 aliphatic carbocycles. The molecule has 0 aromatic heterocycles. The van der Waals surface area contributed by atoms with Crippen LogP contribution in [0.4, 0.5) is 5.69 Å². The fourth-order valence-electron chi connectivity index (χ4n) is 2.97. The molecule has 1 amide bonds. The maximum absolute atomic E-state index is 13.2. The van der Waals surface area contributed by atoms with Gasteiger partial charge < -0.3 is 10.1 Å². The van der Waals surface area contributed by atoms with Crippen molar-refractivity contribution in [3.8, 4) is 5.75 Å². The number of benzene rings is 3. The van der Waals surface area contributed by atoms with Gasteiger partial charge in [0.05, 0.1) is 16.7 Å². The summed E-state index contributed by atoms with van der Waals surface area (Å²) in [6, 6.07) is 24.1. The lowest BCUT2D eigenvalue weighted by atomic mass is 10.2. The van der Waals surface area contributed by atoms with Gasteiger partial charge in [-0.1, -0.05) is 48.5 Å². The highest BCUT2D eigenvalue weighted by Crippen LogP contribution is 2.23. The first kappa shape index (κ1) is 22.4. The third-order valence-electron chi connectivity index (χ3n) is 4.45. The first-order chi connectivity index (χ1) is 14.9. The van der Waals surface area contributed by atoms with Crippen molar-refractivity contribution >= 4 is 21.6 Å². The molecule has 31 heavy (non-hydrogen) atoms. The summed E-state index contributed by atoms with van der Waals surface area (Å²) in [6.07, 6.45) is 0.0843. The zero-order chi connectivity index (χ0) is 22.3.